The van der Waals surface area contributed by atoms with Crippen molar-refractivity contribution < 1.29 is 14.1 Å². The summed E-state index contributed by atoms with van der Waals surface area (Å²) in [6.45, 7) is 8.01. The highest BCUT2D eigenvalue weighted by Crippen LogP contribution is 2.36. The quantitative estimate of drug-likeness (QED) is 0.623. The zero-order valence-corrected chi connectivity index (χ0v) is 13.1. The molecule has 1 fully saturated rings. The highest BCUT2D eigenvalue weighted by Gasteiger charge is 2.52. The molecule has 1 aliphatic heterocycles. The van der Waals surface area contributed by atoms with E-state index in [4.69, 9.17) is 9.31 Å². The van der Waals surface area contributed by atoms with Crippen molar-refractivity contribution in [2.75, 3.05) is 19.0 Å². The topological polar surface area (TPSA) is 38.8 Å². The molecule has 1 aliphatic rings. The molecule has 0 saturated carbocycles. The van der Waals surface area contributed by atoms with Crippen molar-refractivity contribution in [3.8, 4) is 0 Å². The van der Waals surface area contributed by atoms with Gasteiger partial charge in [-0.1, -0.05) is 0 Å². The molecule has 5 heteroatoms. The van der Waals surface area contributed by atoms with Crippen LogP contribution in [0.1, 0.15) is 38.1 Å². The van der Waals surface area contributed by atoms with E-state index in [0.717, 1.165) is 17.4 Å². The molecule has 0 amide bonds. The van der Waals surface area contributed by atoms with Crippen molar-refractivity contribution in [3.05, 3.63) is 23.8 Å². The number of benzene rings is 1. The van der Waals surface area contributed by atoms with E-state index in [1.165, 1.54) is 0 Å². The predicted molar refractivity (Wildman–Crippen MR) is 81.9 cm³/mol. The summed E-state index contributed by atoms with van der Waals surface area (Å²) < 4.78 is 12.1. The van der Waals surface area contributed by atoms with Gasteiger partial charge in [0.05, 0.1) is 11.2 Å². The van der Waals surface area contributed by atoms with Crippen LogP contribution in [0, 0.1) is 0 Å². The molecule has 1 aromatic rings. The summed E-state index contributed by atoms with van der Waals surface area (Å²) in [7, 11) is 3.41. The number of hydrogen-bond acceptors (Lipinski definition) is 4. The van der Waals surface area contributed by atoms with Crippen LogP contribution in [-0.2, 0) is 9.31 Å². The normalized spacial score (nSPS) is 20.0. The standard InChI is InChI=1S/C15H22BNO3/c1-14(2)15(3,4)20-16(19-14)13-9-12(17(5)6)8-7-11(13)10-18/h7-10H,1-6H3. The summed E-state index contributed by atoms with van der Waals surface area (Å²) >= 11 is 0. The average molecular weight is 275 g/mol. The third kappa shape index (κ3) is 2.48. The molecule has 20 heavy (non-hydrogen) atoms. The second kappa shape index (κ2) is 4.90. The Hall–Kier alpha value is -1.33. The maximum atomic E-state index is 11.3. The third-order valence-corrected chi connectivity index (χ3v) is 4.22. The van der Waals surface area contributed by atoms with Gasteiger partial charge >= 0.3 is 7.12 Å². The Labute approximate surface area is 121 Å². The van der Waals surface area contributed by atoms with E-state index < -0.39 is 18.3 Å². The third-order valence-electron chi connectivity index (χ3n) is 4.22. The highest BCUT2D eigenvalue weighted by atomic mass is 16.7. The number of aldehydes is 1. The van der Waals surface area contributed by atoms with Crippen LogP contribution >= 0.6 is 0 Å². The molecule has 0 bridgehead atoms. The molecule has 2 rings (SSSR count). The van der Waals surface area contributed by atoms with Crippen LogP contribution in [0.4, 0.5) is 5.69 Å². The van der Waals surface area contributed by atoms with Gasteiger partial charge in [0.25, 0.3) is 0 Å². The molecule has 0 aromatic heterocycles. The summed E-state index contributed by atoms with van der Waals surface area (Å²) in [4.78, 5) is 13.3. The van der Waals surface area contributed by atoms with Gasteiger partial charge in [0, 0.05) is 25.3 Å². The first-order chi connectivity index (χ1) is 9.18. The van der Waals surface area contributed by atoms with Gasteiger partial charge in [-0.15, -0.1) is 0 Å². The lowest BCUT2D eigenvalue weighted by molar-refractivity contribution is 0.00578. The molecule has 0 spiro atoms. The number of anilines is 1. The monoisotopic (exact) mass is 275 g/mol. The van der Waals surface area contributed by atoms with Gasteiger partial charge in [0.15, 0.2) is 0 Å². The summed E-state index contributed by atoms with van der Waals surface area (Å²) in [5.41, 5.74) is 1.58. The number of hydrogen-bond donors (Lipinski definition) is 0. The van der Waals surface area contributed by atoms with Crippen molar-refractivity contribution in [3.63, 3.8) is 0 Å². The number of carbonyl (C=O) groups excluding carboxylic acids is 1. The minimum atomic E-state index is -0.514. The number of rotatable bonds is 3. The first-order valence-corrected chi connectivity index (χ1v) is 6.80. The van der Waals surface area contributed by atoms with Gasteiger partial charge in [-0.2, -0.15) is 0 Å². The predicted octanol–water partition coefficient (Wildman–Crippen LogP) is 1.86. The Kier molecular flexibility index (Phi) is 3.69. The van der Waals surface area contributed by atoms with E-state index in [0.29, 0.717) is 5.56 Å². The van der Waals surface area contributed by atoms with E-state index >= 15 is 0 Å². The van der Waals surface area contributed by atoms with Crippen molar-refractivity contribution in [2.24, 2.45) is 0 Å². The molecule has 0 aliphatic carbocycles. The van der Waals surface area contributed by atoms with E-state index in [1.54, 1.807) is 0 Å². The van der Waals surface area contributed by atoms with E-state index in [1.807, 2.05) is 64.9 Å². The first-order valence-electron chi connectivity index (χ1n) is 6.80. The lowest BCUT2D eigenvalue weighted by Crippen LogP contribution is -2.41. The highest BCUT2D eigenvalue weighted by molar-refractivity contribution is 6.63. The molecule has 0 radical (unpaired) electrons. The van der Waals surface area contributed by atoms with Crippen LogP contribution in [0.5, 0.6) is 0 Å². The Morgan fingerprint density at radius 1 is 1.10 bits per heavy atom. The molecule has 1 heterocycles. The van der Waals surface area contributed by atoms with Crippen LogP contribution < -0.4 is 10.4 Å². The maximum Gasteiger partial charge on any atom is 0.495 e. The zero-order valence-electron chi connectivity index (χ0n) is 13.1. The summed E-state index contributed by atoms with van der Waals surface area (Å²) in [6.07, 6.45) is 0.847. The molecule has 1 aromatic carbocycles. The van der Waals surface area contributed by atoms with Crippen molar-refractivity contribution >= 4 is 24.6 Å². The molecule has 0 N–H and O–H groups in total. The molecule has 0 unspecified atom stereocenters. The fourth-order valence-corrected chi connectivity index (χ4v) is 2.12. The first kappa shape index (κ1) is 15.1. The SMILES string of the molecule is CN(C)c1ccc(C=O)c(B2OC(C)(C)C(C)(C)O2)c1. The second-order valence-electron chi connectivity index (χ2n) is 6.41. The van der Waals surface area contributed by atoms with Crippen LogP contribution in [-0.4, -0.2) is 38.7 Å². The van der Waals surface area contributed by atoms with Crippen LogP contribution in [0.15, 0.2) is 18.2 Å². The van der Waals surface area contributed by atoms with Crippen molar-refractivity contribution in [2.45, 2.75) is 38.9 Å². The minimum Gasteiger partial charge on any atom is -0.399 e. The molecular formula is C15H22BNO3. The van der Waals surface area contributed by atoms with Crippen LogP contribution in [0.2, 0.25) is 0 Å². The van der Waals surface area contributed by atoms with E-state index in [2.05, 4.69) is 0 Å². The Balaban J connectivity index is 2.43. The van der Waals surface area contributed by atoms with Crippen LogP contribution in [0.25, 0.3) is 0 Å². The molecule has 1 saturated heterocycles. The maximum absolute atomic E-state index is 11.3. The molecule has 108 valence electrons. The van der Waals surface area contributed by atoms with Gasteiger partial charge in [-0.25, -0.2) is 0 Å². The van der Waals surface area contributed by atoms with Gasteiger partial charge in [0.2, 0.25) is 0 Å². The Morgan fingerprint density at radius 2 is 1.65 bits per heavy atom. The Bertz CT molecular complexity index is 510. The molecule has 4 nitrogen and oxygen atoms in total. The fourth-order valence-electron chi connectivity index (χ4n) is 2.12. The van der Waals surface area contributed by atoms with E-state index in [9.17, 15) is 4.79 Å². The smallest absolute Gasteiger partial charge is 0.399 e. The zero-order chi connectivity index (χ0) is 15.1. The largest absolute Gasteiger partial charge is 0.495 e. The van der Waals surface area contributed by atoms with E-state index in [-0.39, 0.29) is 0 Å². The minimum absolute atomic E-state index is 0.411. The lowest BCUT2D eigenvalue weighted by Gasteiger charge is -2.32. The fraction of sp³-hybridized carbons (Fsp3) is 0.533. The van der Waals surface area contributed by atoms with Crippen LogP contribution in [0.3, 0.4) is 0 Å². The lowest BCUT2D eigenvalue weighted by atomic mass is 9.76. The summed E-state index contributed by atoms with van der Waals surface area (Å²) in [6, 6.07) is 5.67. The van der Waals surface area contributed by atoms with Gasteiger partial charge in [-0.3, -0.25) is 4.79 Å². The van der Waals surface area contributed by atoms with Gasteiger partial charge < -0.3 is 14.2 Å². The molecular weight excluding hydrogens is 253 g/mol. The van der Waals surface area contributed by atoms with Gasteiger partial charge in [-0.05, 0) is 51.4 Å². The summed E-state index contributed by atoms with van der Waals surface area (Å²) in [5.74, 6) is 0. The van der Waals surface area contributed by atoms with Crippen molar-refractivity contribution in [1.82, 2.24) is 0 Å². The number of nitrogens with zero attached hydrogens (tertiary/aromatic N) is 1. The summed E-state index contributed by atoms with van der Waals surface area (Å²) in [5, 5.41) is 0. The second-order valence-corrected chi connectivity index (χ2v) is 6.41. The average Bonchev–Trinajstić information content (AvgIpc) is 2.57. The van der Waals surface area contributed by atoms with Crippen molar-refractivity contribution in [1.29, 1.82) is 0 Å². The van der Waals surface area contributed by atoms with Gasteiger partial charge in [0.1, 0.15) is 6.29 Å². The molecule has 0 atom stereocenters. The Morgan fingerprint density at radius 3 is 2.10 bits per heavy atom. The number of carbonyl (C=O) groups is 1.